The molecule has 0 saturated carbocycles. The van der Waals surface area contributed by atoms with Gasteiger partial charge in [0.25, 0.3) is 0 Å². The van der Waals surface area contributed by atoms with Crippen molar-refractivity contribution in [1.29, 1.82) is 0 Å². The highest BCUT2D eigenvalue weighted by molar-refractivity contribution is 5.41. The number of hydrogen-bond donors (Lipinski definition) is 1. The third-order valence-corrected chi connectivity index (χ3v) is 3.19. The Kier molecular flexibility index (Phi) is 5.99. The van der Waals surface area contributed by atoms with Crippen LogP contribution >= 0.6 is 0 Å². The van der Waals surface area contributed by atoms with E-state index in [0.29, 0.717) is 5.92 Å². The average Bonchev–Trinajstić information content (AvgIpc) is 2.29. The van der Waals surface area contributed by atoms with Crippen LogP contribution in [0.5, 0.6) is 0 Å². The highest BCUT2D eigenvalue weighted by Gasteiger charge is 2.10. The van der Waals surface area contributed by atoms with Crippen molar-refractivity contribution in [2.45, 2.75) is 58.3 Å². The molecular weight excluding hydrogens is 194 g/mol. The summed E-state index contributed by atoms with van der Waals surface area (Å²) in [7, 11) is 0. The molecule has 90 valence electrons. The fraction of sp³-hybridized carbons (Fsp3) is 0.600. The molecule has 0 radical (unpaired) electrons. The molecular formula is C15H25N. The maximum atomic E-state index is 5.85. The number of anilines is 1. The molecule has 1 rings (SSSR count). The van der Waals surface area contributed by atoms with E-state index >= 15 is 0 Å². The molecule has 0 aliphatic heterocycles. The molecule has 0 spiro atoms. The highest BCUT2D eigenvalue weighted by atomic mass is 14.5. The summed E-state index contributed by atoms with van der Waals surface area (Å²) in [5.41, 5.74) is 8.18. The second-order valence-corrected chi connectivity index (χ2v) is 4.65. The highest BCUT2D eigenvalue weighted by Crippen LogP contribution is 2.28. The number of unbranched alkanes of at least 4 members (excludes halogenated alkanes) is 2. The molecule has 1 aromatic carbocycles. The van der Waals surface area contributed by atoms with E-state index in [9.17, 15) is 0 Å². The van der Waals surface area contributed by atoms with Crippen LogP contribution in [0.4, 0.5) is 5.69 Å². The molecule has 0 aliphatic rings. The summed E-state index contributed by atoms with van der Waals surface area (Å²) in [4.78, 5) is 0. The van der Waals surface area contributed by atoms with Crippen molar-refractivity contribution >= 4 is 5.69 Å². The van der Waals surface area contributed by atoms with Crippen LogP contribution in [-0.2, 0) is 0 Å². The zero-order valence-electron chi connectivity index (χ0n) is 10.7. The van der Waals surface area contributed by atoms with Crippen LogP contribution in [0, 0.1) is 0 Å². The van der Waals surface area contributed by atoms with E-state index in [-0.39, 0.29) is 0 Å². The van der Waals surface area contributed by atoms with Gasteiger partial charge in [-0.2, -0.15) is 0 Å². The Balaban J connectivity index is 2.66. The standard InChI is InChI=1S/C15H25N/c1-3-5-8-13(9-6-4-2)14-10-7-11-15(16)12-14/h7,10-13H,3-6,8-9,16H2,1-2H3. The first kappa shape index (κ1) is 13.1. The van der Waals surface area contributed by atoms with Gasteiger partial charge in [0.1, 0.15) is 0 Å². The Bertz CT molecular complexity index is 285. The van der Waals surface area contributed by atoms with Crippen molar-refractivity contribution < 1.29 is 0 Å². The van der Waals surface area contributed by atoms with Gasteiger partial charge in [-0.15, -0.1) is 0 Å². The maximum absolute atomic E-state index is 5.85. The zero-order chi connectivity index (χ0) is 11.8. The molecule has 0 unspecified atom stereocenters. The molecule has 0 saturated heterocycles. The van der Waals surface area contributed by atoms with Crippen LogP contribution in [0.15, 0.2) is 24.3 Å². The molecule has 0 heterocycles. The van der Waals surface area contributed by atoms with Gasteiger partial charge < -0.3 is 5.73 Å². The lowest BCUT2D eigenvalue weighted by molar-refractivity contribution is 0.525. The second kappa shape index (κ2) is 7.32. The smallest absolute Gasteiger partial charge is 0.0316 e. The molecule has 0 aromatic heterocycles. The van der Waals surface area contributed by atoms with Crippen LogP contribution in [0.1, 0.15) is 63.9 Å². The Morgan fingerprint density at radius 3 is 2.19 bits per heavy atom. The van der Waals surface area contributed by atoms with Crippen molar-refractivity contribution in [3.63, 3.8) is 0 Å². The summed E-state index contributed by atoms with van der Waals surface area (Å²) in [5.74, 6) is 0.711. The van der Waals surface area contributed by atoms with E-state index in [0.717, 1.165) is 5.69 Å². The molecule has 2 N–H and O–H groups in total. The van der Waals surface area contributed by atoms with E-state index in [1.807, 2.05) is 6.07 Å². The maximum Gasteiger partial charge on any atom is 0.0316 e. The number of hydrogen-bond acceptors (Lipinski definition) is 1. The van der Waals surface area contributed by atoms with Gasteiger partial charge in [-0.25, -0.2) is 0 Å². The van der Waals surface area contributed by atoms with E-state index in [2.05, 4.69) is 32.0 Å². The van der Waals surface area contributed by atoms with Crippen molar-refractivity contribution in [2.75, 3.05) is 5.73 Å². The minimum atomic E-state index is 0.711. The summed E-state index contributed by atoms with van der Waals surface area (Å²) in [6.45, 7) is 4.52. The van der Waals surface area contributed by atoms with Gasteiger partial charge in [0, 0.05) is 5.69 Å². The Hall–Kier alpha value is -0.980. The molecule has 0 fully saturated rings. The number of benzene rings is 1. The largest absolute Gasteiger partial charge is 0.399 e. The summed E-state index contributed by atoms with van der Waals surface area (Å²) >= 11 is 0. The fourth-order valence-corrected chi connectivity index (χ4v) is 2.19. The SMILES string of the molecule is CCCCC(CCCC)c1cccc(N)c1. The van der Waals surface area contributed by atoms with Gasteiger partial charge in [0.05, 0.1) is 0 Å². The molecule has 0 bridgehead atoms. The molecule has 0 amide bonds. The van der Waals surface area contributed by atoms with Gasteiger partial charge in [-0.1, -0.05) is 51.7 Å². The molecule has 0 atom stereocenters. The predicted molar refractivity (Wildman–Crippen MR) is 72.6 cm³/mol. The van der Waals surface area contributed by atoms with E-state index in [4.69, 9.17) is 5.73 Å². The number of nitrogen functional groups attached to an aromatic ring is 1. The number of rotatable bonds is 7. The van der Waals surface area contributed by atoms with E-state index in [1.165, 1.54) is 44.1 Å². The summed E-state index contributed by atoms with van der Waals surface area (Å²) in [6, 6.07) is 8.43. The van der Waals surface area contributed by atoms with Gasteiger partial charge >= 0.3 is 0 Å². The number of nitrogens with two attached hydrogens (primary N) is 1. The van der Waals surface area contributed by atoms with Crippen LogP contribution in [-0.4, -0.2) is 0 Å². The molecule has 1 nitrogen and oxygen atoms in total. The quantitative estimate of drug-likeness (QED) is 0.659. The third kappa shape index (κ3) is 4.26. The lowest BCUT2D eigenvalue weighted by atomic mass is 9.89. The first-order valence-corrected chi connectivity index (χ1v) is 6.63. The minimum Gasteiger partial charge on any atom is -0.399 e. The zero-order valence-corrected chi connectivity index (χ0v) is 10.7. The summed E-state index contributed by atoms with van der Waals surface area (Å²) < 4.78 is 0. The monoisotopic (exact) mass is 219 g/mol. The van der Waals surface area contributed by atoms with Gasteiger partial charge in [-0.05, 0) is 36.5 Å². The van der Waals surface area contributed by atoms with Gasteiger partial charge in [-0.3, -0.25) is 0 Å². The lowest BCUT2D eigenvalue weighted by Gasteiger charge is -2.17. The van der Waals surface area contributed by atoms with E-state index in [1.54, 1.807) is 0 Å². The third-order valence-electron chi connectivity index (χ3n) is 3.19. The van der Waals surface area contributed by atoms with Crippen LogP contribution in [0.3, 0.4) is 0 Å². The molecule has 1 aromatic rings. The Morgan fingerprint density at radius 1 is 1.06 bits per heavy atom. The lowest BCUT2D eigenvalue weighted by Crippen LogP contribution is -2.00. The van der Waals surface area contributed by atoms with Crippen molar-refractivity contribution in [1.82, 2.24) is 0 Å². The molecule has 16 heavy (non-hydrogen) atoms. The Labute approximate surface area is 100 Å². The molecule has 1 heteroatoms. The topological polar surface area (TPSA) is 26.0 Å². The van der Waals surface area contributed by atoms with Crippen molar-refractivity contribution in [3.05, 3.63) is 29.8 Å². The van der Waals surface area contributed by atoms with Crippen LogP contribution < -0.4 is 5.73 Å². The van der Waals surface area contributed by atoms with Gasteiger partial charge in [0.2, 0.25) is 0 Å². The fourth-order valence-electron chi connectivity index (χ4n) is 2.19. The van der Waals surface area contributed by atoms with Gasteiger partial charge in [0.15, 0.2) is 0 Å². The predicted octanol–water partition coefficient (Wildman–Crippen LogP) is 4.73. The minimum absolute atomic E-state index is 0.711. The molecule has 0 aliphatic carbocycles. The second-order valence-electron chi connectivity index (χ2n) is 4.65. The van der Waals surface area contributed by atoms with Crippen molar-refractivity contribution in [2.24, 2.45) is 0 Å². The van der Waals surface area contributed by atoms with Crippen LogP contribution in [0.2, 0.25) is 0 Å². The van der Waals surface area contributed by atoms with Crippen molar-refractivity contribution in [3.8, 4) is 0 Å². The van der Waals surface area contributed by atoms with Crippen LogP contribution in [0.25, 0.3) is 0 Å². The Morgan fingerprint density at radius 2 is 1.69 bits per heavy atom. The normalized spacial score (nSPS) is 10.9. The summed E-state index contributed by atoms with van der Waals surface area (Å²) in [5, 5.41) is 0. The first-order chi connectivity index (χ1) is 7.77. The average molecular weight is 219 g/mol. The summed E-state index contributed by atoms with van der Waals surface area (Å²) in [6.07, 6.45) is 7.82. The van der Waals surface area contributed by atoms with E-state index < -0.39 is 0 Å². The first-order valence-electron chi connectivity index (χ1n) is 6.63.